The van der Waals surface area contributed by atoms with Crippen LogP contribution in [0.1, 0.15) is 0 Å². The number of nitrogen functional groups attached to an aromatic ring is 1. The Bertz CT molecular complexity index is 665. The number of rotatable bonds is 3. The van der Waals surface area contributed by atoms with Gasteiger partial charge >= 0.3 is 0 Å². The van der Waals surface area contributed by atoms with Crippen LogP contribution in [0.4, 0.5) is 20.2 Å². The van der Waals surface area contributed by atoms with Gasteiger partial charge in [0.15, 0.2) is 23.1 Å². The van der Waals surface area contributed by atoms with Gasteiger partial charge in [0.05, 0.1) is 25.2 Å². The number of nitro benzene ring substituents is 1. The molecule has 0 spiro atoms. The molecule has 0 amide bonds. The van der Waals surface area contributed by atoms with Gasteiger partial charge in [0.25, 0.3) is 5.69 Å². The van der Waals surface area contributed by atoms with Gasteiger partial charge in [-0.3, -0.25) is 10.1 Å². The second kappa shape index (κ2) is 7.77. The molecule has 118 valence electrons. The summed E-state index contributed by atoms with van der Waals surface area (Å²) in [5.74, 6) is -0.941. The summed E-state index contributed by atoms with van der Waals surface area (Å²) in [6.07, 6.45) is 0. The third-order valence-electron chi connectivity index (χ3n) is 2.52. The molecule has 0 aliphatic rings. The zero-order valence-corrected chi connectivity index (χ0v) is 11.9. The Balaban J connectivity index is 0.000000224. The first kappa shape index (κ1) is 17.2. The van der Waals surface area contributed by atoms with Crippen molar-refractivity contribution in [3.05, 3.63) is 58.1 Å². The van der Waals surface area contributed by atoms with Crippen molar-refractivity contribution in [1.29, 1.82) is 0 Å². The lowest BCUT2D eigenvalue weighted by Crippen LogP contribution is -1.92. The third kappa shape index (κ3) is 4.58. The summed E-state index contributed by atoms with van der Waals surface area (Å²) in [4.78, 5) is 9.60. The van der Waals surface area contributed by atoms with Crippen molar-refractivity contribution in [1.82, 2.24) is 0 Å². The molecule has 22 heavy (non-hydrogen) atoms. The maximum atomic E-state index is 12.7. The fraction of sp³-hybridized carbons (Fsp3) is 0.143. The van der Waals surface area contributed by atoms with E-state index in [0.717, 1.165) is 18.2 Å². The lowest BCUT2D eigenvalue weighted by atomic mass is 10.3. The minimum atomic E-state index is -0.609. The topological polar surface area (TPSA) is 87.6 Å². The lowest BCUT2D eigenvalue weighted by Gasteiger charge is -2.00. The molecular formula is C14H14F2N2O4. The molecule has 2 rings (SSSR count). The van der Waals surface area contributed by atoms with Crippen molar-refractivity contribution in [2.45, 2.75) is 0 Å². The predicted octanol–water partition coefficient (Wildman–Crippen LogP) is 3.16. The summed E-state index contributed by atoms with van der Waals surface area (Å²) in [7, 11) is 2.65. The van der Waals surface area contributed by atoms with Crippen LogP contribution in [0.3, 0.4) is 0 Å². The Morgan fingerprint density at radius 2 is 1.50 bits per heavy atom. The van der Waals surface area contributed by atoms with E-state index in [4.69, 9.17) is 5.73 Å². The van der Waals surface area contributed by atoms with Crippen LogP contribution in [0.2, 0.25) is 0 Å². The van der Waals surface area contributed by atoms with Gasteiger partial charge in [0.2, 0.25) is 0 Å². The van der Waals surface area contributed by atoms with Crippen molar-refractivity contribution in [3.63, 3.8) is 0 Å². The van der Waals surface area contributed by atoms with Crippen molar-refractivity contribution in [3.8, 4) is 11.5 Å². The number of methoxy groups -OCH3 is 2. The van der Waals surface area contributed by atoms with E-state index in [2.05, 4.69) is 9.47 Å². The molecule has 0 unspecified atom stereocenters. The minimum absolute atomic E-state index is 0.121. The molecule has 2 aromatic carbocycles. The van der Waals surface area contributed by atoms with E-state index in [0.29, 0.717) is 5.69 Å². The summed E-state index contributed by atoms with van der Waals surface area (Å²) < 4.78 is 34.5. The summed E-state index contributed by atoms with van der Waals surface area (Å²) in [6, 6.07) is 7.31. The molecule has 0 bridgehead atoms. The van der Waals surface area contributed by atoms with E-state index in [1.807, 2.05) is 0 Å². The second-order valence-corrected chi connectivity index (χ2v) is 3.97. The van der Waals surface area contributed by atoms with Crippen molar-refractivity contribution < 1.29 is 23.2 Å². The third-order valence-corrected chi connectivity index (χ3v) is 2.52. The van der Waals surface area contributed by atoms with Gasteiger partial charge in [-0.2, -0.15) is 0 Å². The number of ether oxygens (including phenoxy) is 2. The highest BCUT2D eigenvalue weighted by Crippen LogP contribution is 2.22. The summed E-state index contributed by atoms with van der Waals surface area (Å²) in [5.41, 5.74) is 5.67. The Labute approximate surface area is 125 Å². The fourth-order valence-corrected chi connectivity index (χ4v) is 1.44. The highest BCUT2D eigenvalue weighted by atomic mass is 19.1. The monoisotopic (exact) mass is 312 g/mol. The lowest BCUT2D eigenvalue weighted by molar-refractivity contribution is -0.385. The highest BCUT2D eigenvalue weighted by molar-refractivity contribution is 5.44. The molecule has 0 fully saturated rings. The molecule has 0 aromatic heterocycles. The van der Waals surface area contributed by atoms with E-state index in [1.54, 1.807) is 0 Å². The molecule has 0 saturated heterocycles. The van der Waals surface area contributed by atoms with Crippen LogP contribution >= 0.6 is 0 Å². The fourth-order valence-electron chi connectivity index (χ4n) is 1.44. The van der Waals surface area contributed by atoms with Gasteiger partial charge in [-0.1, -0.05) is 0 Å². The largest absolute Gasteiger partial charge is 0.494 e. The summed E-state index contributed by atoms with van der Waals surface area (Å²) >= 11 is 0. The van der Waals surface area contributed by atoms with Crippen LogP contribution in [0.15, 0.2) is 36.4 Å². The van der Waals surface area contributed by atoms with Crippen LogP contribution in [0, 0.1) is 21.7 Å². The first-order valence-corrected chi connectivity index (χ1v) is 5.96. The number of anilines is 1. The Morgan fingerprint density at radius 3 is 1.95 bits per heavy atom. The smallest absolute Gasteiger partial charge is 0.273 e. The number of nitro groups is 1. The molecule has 0 radical (unpaired) electrons. The van der Waals surface area contributed by atoms with Crippen LogP contribution in [0.5, 0.6) is 11.5 Å². The zero-order chi connectivity index (χ0) is 16.7. The van der Waals surface area contributed by atoms with E-state index >= 15 is 0 Å². The van der Waals surface area contributed by atoms with Crippen LogP contribution in [-0.4, -0.2) is 19.1 Å². The molecule has 0 saturated carbocycles. The first-order valence-electron chi connectivity index (χ1n) is 5.96. The summed E-state index contributed by atoms with van der Waals surface area (Å²) in [6.45, 7) is 0. The molecular weight excluding hydrogens is 298 g/mol. The molecule has 2 N–H and O–H groups in total. The van der Waals surface area contributed by atoms with Gasteiger partial charge in [-0.15, -0.1) is 0 Å². The van der Waals surface area contributed by atoms with Crippen LogP contribution < -0.4 is 15.2 Å². The maximum Gasteiger partial charge on any atom is 0.273 e. The Kier molecular flexibility index (Phi) is 6.06. The normalized spacial score (nSPS) is 9.45. The van der Waals surface area contributed by atoms with E-state index in [9.17, 15) is 18.9 Å². The SMILES string of the molecule is COc1cc(N)ccc1F.COc1cc([N+](=O)[O-])ccc1F. The number of hydrogen-bond acceptors (Lipinski definition) is 5. The molecule has 0 atom stereocenters. The average Bonchev–Trinajstić information content (AvgIpc) is 2.50. The number of benzene rings is 2. The van der Waals surface area contributed by atoms with Gasteiger partial charge in [0, 0.05) is 17.8 Å². The number of nitrogens with zero attached hydrogens (tertiary/aromatic N) is 1. The minimum Gasteiger partial charge on any atom is -0.494 e. The number of non-ortho nitro benzene ring substituents is 1. The molecule has 2 aromatic rings. The van der Waals surface area contributed by atoms with Crippen LogP contribution in [-0.2, 0) is 0 Å². The van der Waals surface area contributed by atoms with Crippen molar-refractivity contribution in [2.75, 3.05) is 20.0 Å². The predicted molar refractivity (Wildman–Crippen MR) is 77.0 cm³/mol. The quantitative estimate of drug-likeness (QED) is 0.534. The number of hydrogen-bond donors (Lipinski definition) is 1. The van der Waals surface area contributed by atoms with Crippen molar-refractivity contribution in [2.24, 2.45) is 0 Å². The molecule has 0 aliphatic heterocycles. The maximum absolute atomic E-state index is 12.7. The number of halogens is 2. The van der Waals surface area contributed by atoms with Gasteiger partial charge in [0.1, 0.15) is 0 Å². The Hall–Kier alpha value is -2.90. The molecule has 8 heteroatoms. The van der Waals surface area contributed by atoms with E-state index < -0.39 is 16.6 Å². The average molecular weight is 312 g/mol. The zero-order valence-electron chi connectivity index (χ0n) is 11.9. The number of nitrogens with two attached hydrogens (primary N) is 1. The second-order valence-electron chi connectivity index (χ2n) is 3.97. The van der Waals surface area contributed by atoms with E-state index in [-0.39, 0.29) is 17.2 Å². The van der Waals surface area contributed by atoms with Gasteiger partial charge < -0.3 is 15.2 Å². The van der Waals surface area contributed by atoms with E-state index in [1.165, 1.54) is 32.4 Å². The molecule has 6 nitrogen and oxygen atoms in total. The van der Waals surface area contributed by atoms with Gasteiger partial charge in [-0.05, 0) is 18.2 Å². The standard InChI is InChI=1S/C7H6FNO3.C7H8FNO/c1-12-7-4-5(9(10)11)2-3-6(7)8;1-10-7-4-5(9)2-3-6(7)8/h2-4H,1H3;2-4H,9H2,1H3. The molecule has 0 heterocycles. The van der Waals surface area contributed by atoms with Crippen molar-refractivity contribution >= 4 is 11.4 Å². The summed E-state index contributed by atoms with van der Waals surface area (Å²) in [5, 5.41) is 10.2. The van der Waals surface area contributed by atoms with Crippen LogP contribution in [0.25, 0.3) is 0 Å². The van der Waals surface area contributed by atoms with Gasteiger partial charge in [-0.25, -0.2) is 8.78 Å². The first-order chi connectivity index (χ1) is 10.4. The Morgan fingerprint density at radius 1 is 1.00 bits per heavy atom. The highest BCUT2D eigenvalue weighted by Gasteiger charge is 2.10. The molecule has 0 aliphatic carbocycles.